The summed E-state index contributed by atoms with van der Waals surface area (Å²) in [7, 11) is 2.16. The fourth-order valence-electron chi connectivity index (χ4n) is 1.51. The molecule has 0 aromatic rings. The Morgan fingerprint density at radius 1 is 1.13 bits per heavy atom. The molecule has 0 unspecified atom stereocenters. The van der Waals surface area contributed by atoms with Gasteiger partial charge in [-0.1, -0.05) is 39.8 Å². The fourth-order valence-corrected chi connectivity index (χ4v) is 1.51. The Bertz CT molecular complexity index is 190. The van der Waals surface area contributed by atoms with Gasteiger partial charge in [-0.25, -0.2) is 0 Å². The molecule has 0 radical (unpaired) electrons. The van der Waals surface area contributed by atoms with Crippen LogP contribution in [0.2, 0.25) is 0 Å². The van der Waals surface area contributed by atoms with E-state index in [4.69, 9.17) is 0 Å². The fraction of sp³-hybridized carbons (Fsp3) is 0.714. The van der Waals surface area contributed by atoms with E-state index in [1.54, 1.807) is 0 Å². The van der Waals surface area contributed by atoms with E-state index in [2.05, 4.69) is 37.9 Å². The molecule has 0 fully saturated rings. The third-order valence-corrected chi connectivity index (χ3v) is 2.34. The highest BCUT2D eigenvalue weighted by atomic mass is 15.1. The van der Waals surface area contributed by atoms with Crippen molar-refractivity contribution in [1.29, 1.82) is 0 Å². The zero-order chi connectivity index (χ0) is 12.3. The van der Waals surface area contributed by atoms with E-state index in [1.807, 2.05) is 27.7 Å². The largest absolute Gasteiger partial charge is 0.378 e. The Hall–Kier alpha value is -0.720. The van der Waals surface area contributed by atoms with E-state index in [1.165, 1.54) is 30.7 Å². The molecule has 0 atom stereocenters. The Labute approximate surface area is 96.9 Å². The third kappa shape index (κ3) is 6.38. The number of hydrogen-bond donors (Lipinski definition) is 0. The molecule has 90 valence electrons. The van der Waals surface area contributed by atoms with E-state index >= 15 is 0 Å². The molecule has 0 spiro atoms. The lowest BCUT2D eigenvalue weighted by Gasteiger charge is -2.27. The van der Waals surface area contributed by atoms with E-state index < -0.39 is 0 Å². The minimum Gasteiger partial charge on any atom is -0.378 e. The Morgan fingerprint density at radius 2 is 1.67 bits per heavy atom. The summed E-state index contributed by atoms with van der Waals surface area (Å²) in [5.41, 5.74) is 2.94. The number of allylic oxidation sites excluding steroid dienone is 4. The third-order valence-electron chi connectivity index (χ3n) is 2.34. The van der Waals surface area contributed by atoms with Crippen LogP contribution < -0.4 is 0 Å². The Morgan fingerprint density at radius 3 is 2.13 bits per heavy atom. The second kappa shape index (κ2) is 11.4. The average molecular weight is 211 g/mol. The molecular formula is C14H29N. The maximum atomic E-state index is 2.33. The molecule has 0 aliphatic carbocycles. The van der Waals surface area contributed by atoms with Crippen molar-refractivity contribution < 1.29 is 0 Å². The molecule has 0 saturated heterocycles. The van der Waals surface area contributed by atoms with Crippen molar-refractivity contribution in [1.82, 2.24) is 4.90 Å². The van der Waals surface area contributed by atoms with Crippen LogP contribution in [0.1, 0.15) is 54.4 Å². The summed E-state index contributed by atoms with van der Waals surface area (Å²) < 4.78 is 0. The second-order valence-electron chi connectivity index (χ2n) is 3.14. The molecule has 1 nitrogen and oxygen atoms in total. The van der Waals surface area contributed by atoms with Crippen molar-refractivity contribution in [2.75, 3.05) is 13.6 Å². The summed E-state index contributed by atoms with van der Waals surface area (Å²) >= 11 is 0. The van der Waals surface area contributed by atoms with Gasteiger partial charge >= 0.3 is 0 Å². The zero-order valence-corrected chi connectivity index (χ0v) is 11.7. The van der Waals surface area contributed by atoms with E-state index in [0.717, 1.165) is 0 Å². The lowest BCUT2D eigenvalue weighted by atomic mass is 10.0. The van der Waals surface area contributed by atoms with Crippen molar-refractivity contribution in [3.05, 3.63) is 23.4 Å². The topological polar surface area (TPSA) is 3.24 Å². The zero-order valence-electron chi connectivity index (χ0n) is 11.7. The molecule has 15 heavy (non-hydrogen) atoms. The van der Waals surface area contributed by atoms with Gasteiger partial charge < -0.3 is 4.90 Å². The molecule has 1 heteroatoms. The summed E-state index contributed by atoms with van der Waals surface area (Å²) in [5, 5.41) is 0. The first kappa shape index (κ1) is 16.7. The van der Waals surface area contributed by atoms with Crippen molar-refractivity contribution in [2.45, 2.75) is 54.4 Å². The molecule has 0 N–H and O–H groups in total. The van der Waals surface area contributed by atoms with Crippen LogP contribution in [-0.2, 0) is 0 Å². The highest BCUT2D eigenvalue weighted by molar-refractivity contribution is 5.25. The van der Waals surface area contributed by atoms with Crippen LogP contribution in [0.25, 0.3) is 0 Å². The van der Waals surface area contributed by atoms with Crippen molar-refractivity contribution in [3.63, 3.8) is 0 Å². The first-order valence-electron chi connectivity index (χ1n) is 6.29. The van der Waals surface area contributed by atoms with E-state index in [0.29, 0.717) is 0 Å². The standard InChI is InChI=1S/C10H17N.2C2H6/c1-4-6-10-7-5-8-11(3)9(10)2;2*1-2/h4,6H,5,7-8H2,1-3H3;2*1-2H3/b6-4-;;. The van der Waals surface area contributed by atoms with Gasteiger partial charge in [-0.15, -0.1) is 0 Å². The summed E-state index contributed by atoms with van der Waals surface area (Å²) in [6.07, 6.45) is 6.90. The first-order chi connectivity index (χ1) is 7.25. The van der Waals surface area contributed by atoms with Crippen LogP contribution in [0.3, 0.4) is 0 Å². The SMILES string of the molecule is C/C=C\C1=C(C)N(C)CCC1.CC.CC. The van der Waals surface area contributed by atoms with Crippen LogP contribution in [-0.4, -0.2) is 18.5 Å². The predicted octanol–water partition coefficient (Wildman–Crippen LogP) is 4.61. The molecule has 0 amide bonds. The van der Waals surface area contributed by atoms with Gasteiger partial charge in [0.05, 0.1) is 0 Å². The first-order valence-corrected chi connectivity index (χ1v) is 6.29. The molecule has 0 saturated carbocycles. The lowest BCUT2D eigenvalue weighted by molar-refractivity contribution is 0.382. The molecule has 0 aromatic heterocycles. The maximum absolute atomic E-state index is 2.33. The van der Waals surface area contributed by atoms with Crippen LogP contribution in [0.5, 0.6) is 0 Å². The summed E-state index contributed by atoms with van der Waals surface area (Å²) in [6, 6.07) is 0. The van der Waals surface area contributed by atoms with Gasteiger partial charge in [0.1, 0.15) is 0 Å². The van der Waals surface area contributed by atoms with Gasteiger partial charge in [0.2, 0.25) is 0 Å². The Balaban J connectivity index is 0. The van der Waals surface area contributed by atoms with Crippen molar-refractivity contribution in [3.8, 4) is 0 Å². The second-order valence-corrected chi connectivity index (χ2v) is 3.14. The molecule has 1 rings (SSSR count). The van der Waals surface area contributed by atoms with E-state index in [-0.39, 0.29) is 0 Å². The average Bonchev–Trinajstić information content (AvgIpc) is 2.31. The minimum atomic E-state index is 1.22. The predicted molar refractivity (Wildman–Crippen MR) is 72.1 cm³/mol. The normalized spacial score (nSPS) is 15.5. The minimum absolute atomic E-state index is 1.22. The summed E-state index contributed by atoms with van der Waals surface area (Å²) in [5.74, 6) is 0. The molecular weight excluding hydrogens is 182 g/mol. The molecule has 1 aliphatic rings. The van der Waals surface area contributed by atoms with Crippen LogP contribution in [0.15, 0.2) is 23.4 Å². The smallest absolute Gasteiger partial charge is 0.0174 e. The Kier molecular flexibility index (Phi) is 12.6. The van der Waals surface area contributed by atoms with Gasteiger partial charge in [0.25, 0.3) is 0 Å². The van der Waals surface area contributed by atoms with E-state index in [9.17, 15) is 0 Å². The van der Waals surface area contributed by atoms with Crippen molar-refractivity contribution in [2.24, 2.45) is 0 Å². The van der Waals surface area contributed by atoms with Crippen molar-refractivity contribution >= 4 is 0 Å². The van der Waals surface area contributed by atoms with Gasteiger partial charge in [0.15, 0.2) is 0 Å². The number of nitrogens with zero attached hydrogens (tertiary/aromatic N) is 1. The number of hydrogen-bond acceptors (Lipinski definition) is 1. The van der Waals surface area contributed by atoms with Crippen LogP contribution >= 0.6 is 0 Å². The number of rotatable bonds is 1. The highest BCUT2D eigenvalue weighted by Gasteiger charge is 2.09. The van der Waals surface area contributed by atoms with Gasteiger partial charge in [0, 0.05) is 19.3 Å². The highest BCUT2D eigenvalue weighted by Crippen LogP contribution is 2.20. The monoisotopic (exact) mass is 211 g/mol. The van der Waals surface area contributed by atoms with Gasteiger partial charge in [-0.05, 0) is 32.3 Å². The lowest BCUT2D eigenvalue weighted by Crippen LogP contribution is -2.22. The van der Waals surface area contributed by atoms with Gasteiger partial charge in [-0.2, -0.15) is 0 Å². The molecule has 1 heterocycles. The molecule has 0 aromatic carbocycles. The maximum Gasteiger partial charge on any atom is 0.0174 e. The molecule has 1 aliphatic heterocycles. The summed E-state index contributed by atoms with van der Waals surface area (Å²) in [6.45, 7) is 13.5. The molecule has 0 bridgehead atoms. The van der Waals surface area contributed by atoms with Gasteiger partial charge in [-0.3, -0.25) is 0 Å². The quantitative estimate of drug-likeness (QED) is 0.612. The summed E-state index contributed by atoms with van der Waals surface area (Å²) in [4.78, 5) is 2.33. The van der Waals surface area contributed by atoms with Crippen LogP contribution in [0.4, 0.5) is 0 Å². The van der Waals surface area contributed by atoms with Crippen LogP contribution in [0, 0.1) is 0 Å².